The number of nitrogens with one attached hydrogen (secondary N) is 2. The number of nitrogens with zero attached hydrogens (tertiary/aromatic N) is 1. The lowest BCUT2D eigenvalue weighted by atomic mass is 9.94. The maximum absolute atomic E-state index is 13.1. The molecule has 10 nitrogen and oxygen atoms in total. The number of aliphatic carboxylic acids is 1. The van der Waals surface area contributed by atoms with Crippen LogP contribution in [0.25, 0.3) is 0 Å². The van der Waals surface area contributed by atoms with Gasteiger partial charge in [0, 0.05) is 32.4 Å². The van der Waals surface area contributed by atoms with E-state index in [2.05, 4.69) is 29.7 Å². The van der Waals surface area contributed by atoms with Gasteiger partial charge in [0.15, 0.2) is 0 Å². The van der Waals surface area contributed by atoms with Crippen molar-refractivity contribution in [2.24, 2.45) is 0 Å². The minimum absolute atomic E-state index is 0.0293. The molecule has 0 aliphatic carbocycles. The molecule has 5 atom stereocenters. The molecule has 4 unspecified atom stereocenters. The highest BCUT2D eigenvalue weighted by molar-refractivity contribution is 6.35. The summed E-state index contributed by atoms with van der Waals surface area (Å²) in [6.07, 6.45) is 9.26. The Morgan fingerprint density at radius 3 is 2.68 bits per heavy atom. The number of hydrogen-bond donors (Lipinski definition) is 3. The van der Waals surface area contributed by atoms with E-state index in [-0.39, 0.29) is 30.3 Å². The lowest BCUT2D eigenvalue weighted by Gasteiger charge is -2.29. The van der Waals surface area contributed by atoms with Gasteiger partial charge in [0.1, 0.15) is 22.9 Å². The highest BCUT2D eigenvalue weighted by Gasteiger charge is 2.53. The zero-order valence-electron chi connectivity index (χ0n) is 24.7. The summed E-state index contributed by atoms with van der Waals surface area (Å²) in [5.41, 5.74) is 2.40. The molecule has 2 saturated heterocycles. The monoisotopic (exact) mass is 591 g/mol. The van der Waals surface area contributed by atoms with Crippen molar-refractivity contribution in [3.63, 3.8) is 0 Å². The molecule has 1 aromatic rings. The third kappa shape index (κ3) is 8.95. The Hall–Kier alpha value is -3.08. The summed E-state index contributed by atoms with van der Waals surface area (Å²) in [5, 5.41) is 14.0. The number of methoxy groups -OCH3 is 1. The van der Waals surface area contributed by atoms with Crippen LogP contribution in [0.2, 0.25) is 5.02 Å². The van der Waals surface area contributed by atoms with Crippen LogP contribution in [0.15, 0.2) is 35.9 Å². The molecule has 3 aliphatic heterocycles. The van der Waals surface area contributed by atoms with Crippen molar-refractivity contribution in [2.45, 2.75) is 89.2 Å². The first-order valence-electron chi connectivity index (χ1n) is 13.9. The first kappa shape index (κ1) is 32.4. The third-order valence-electron chi connectivity index (χ3n) is 7.75. The summed E-state index contributed by atoms with van der Waals surface area (Å²) < 4.78 is 17.0. The third-order valence-corrected chi connectivity index (χ3v) is 8.13. The zero-order chi connectivity index (χ0) is 30.3. The lowest BCUT2D eigenvalue weighted by Crippen LogP contribution is -2.45. The molecule has 2 fully saturated rings. The van der Waals surface area contributed by atoms with E-state index in [1.165, 1.54) is 0 Å². The summed E-state index contributed by atoms with van der Waals surface area (Å²) in [4.78, 5) is 36.6. The molecule has 0 radical (unpaired) electrons. The number of epoxide rings is 1. The fourth-order valence-electron chi connectivity index (χ4n) is 4.89. The molecule has 3 N–H and O–H groups in total. The second-order valence-corrected chi connectivity index (χ2v) is 11.4. The number of allylic oxidation sites excluding steroid dienone is 3. The van der Waals surface area contributed by atoms with E-state index in [1.54, 1.807) is 33.0 Å². The number of ether oxygens (including phenoxy) is 3. The zero-order valence-corrected chi connectivity index (χ0v) is 25.4. The number of anilines is 1. The van der Waals surface area contributed by atoms with E-state index in [0.29, 0.717) is 42.1 Å². The van der Waals surface area contributed by atoms with Gasteiger partial charge >= 0.3 is 12.1 Å². The molecule has 4 bridgehead atoms. The number of alkyl carbamates (subject to hydrolysis) is 1. The van der Waals surface area contributed by atoms with Crippen molar-refractivity contribution in [3.8, 4) is 5.75 Å². The topological polar surface area (TPSA) is 130 Å². The van der Waals surface area contributed by atoms with Crippen LogP contribution in [0.5, 0.6) is 5.75 Å². The van der Waals surface area contributed by atoms with Gasteiger partial charge in [0.25, 0.3) is 0 Å². The number of rotatable bonds is 3. The summed E-state index contributed by atoms with van der Waals surface area (Å²) in [6, 6.07) is 3.46. The minimum Gasteiger partial charge on any atom is -0.495 e. The smallest absolute Gasteiger partial charge is 0.407 e. The molecule has 4 rings (SSSR count). The SMILES string of the molecule is CN[C@@H](C)C(=O)O.COc1cc2cc(c1Cl)N(C)C(=O)CCC1(C)OC1CC1CC(C/C=C/C=C(\C)C2)NC(=O)O1. The van der Waals surface area contributed by atoms with Crippen LogP contribution in [0, 0.1) is 0 Å². The lowest BCUT2D eigenvalue weighted by molar-refractivity contribution is -0.138. The first-order chi connectivity index (χ1) is 19.4. The second-order valence-electron chi connectivity index (χ2n) is 11.0. The van der Waals surface area contributed by atoms with Crippen molar-refractivity contribution >= 4 is 35.3 Å². The number of carboxylic acids is 1. The predicted molar refractivity (Wildman–Crippen MR) is 158 cm³/mol. The van der Waals surface area contributed by atoms with Crippen molar-refractivity contribution in [2.75, 3.05) is 26.1 Å². The van der Waals surface area contributed by atoms with E-state index in [0.717, 1.165) is 24.0 Å². The molecule has 1 aromatic carbocycles. The van der Waals surface area contributed by atoms with Crippen LogP contribution in [-0.2, 0) is 25.5 Å². The van der Waals surface area contributed by atoms with E-state index < -0.39 is 17.6 Å². The average molecular weight is 592 g/mol. The molecule has 226 valence electrons. The molecule has 3 heterocycles. The summed E-state index contributed by atoms with van der Waals surface area (Å²) in [7, 11) is 4.93. The van der Waals surface area contributed by atoms with Crippen LogP contribution in [0.3, 0.4) is 0 Å². The molecular formula is C30H42ClN3O7. The Morgan fingerprint density at radius 2 is 2.05 bits per heavy atom. The Balaban J connectivity index is 0.000000587. The van der Waals surface area contributed by atoms with Gasteiger partial charge in [-0.3, -0.25) is 9.59 Å². The van der Waals surface area contributed by atoms with E-state index in [9.17, 15) is 14.4 Å². The van der Waals surface area contributed by atoms with Gasteiger partial charge in [-0.15, -0.1) is 0 Å². The molecule has 0 aromatic heterocycles. The van der Waals surface area contributed by atoms with Gasteiger partial charge in [0.05, 0.1) is 24.5 Å². The van der Waals surface area contributed by atoms with E-state index in [1.807, 2.05) is 25.1 Å². The standard InChI is InChI=1S/C26H33ClN2O5.C4H9NO2/c1-16-7-5-6-8-18-14-19(33-25(31)28-18)15-22-26(2,34-22)10-9-23(30)29(3)20-12-17(11-16)13-21(32-4)24(20)27;1-3(5-2)4(6)7/h5-7,12-13,18-19,22H,8-11,14-15H2,1-4H3,(H,28,31);3,5H,1-2H3,(H,6,7)/b6-5+,16-7+;/t;3-/m.0/s1. The van der Waals surface area contributed by atoms with Crippen LogP contribution in [0.1, 0.15) is 58.4 Å². The normalized spacial score (nSPS) is 29.3. The number of benzene rings is 1. The number of hydrogen-bond acceptors (Lipinski definition) is 7. The first-order valence-corrected chi connectivity index (χ1v) is 14.2. The van der Waals surface area contributed by atoms with Crippen LogP contribution in [0.4, 0.5) is 10.5 Å². The van der Waals surface area contributed by atoms with Crippen molar-refractivity contribution in [1.82, 2.24) is 10.6 Å². The van der Waals surface area contributed by atoms with Crippen LogP contribution < -0.4 is 20.3 Å². The van der Waals surface area contributed by atoms with Crippen LogP contribution >= 0.6 is 11.6 Å². The summed E-state index contributed by atoms with van der Waals surface area (Å²) >= 11 is 6.58. The molecule has 3 aliphatic rings. The number of carboxylic acid groups (broad SMARTS) is 1. The molecule has 11 heteroatoms. The average Bonchev–Trinajstić information content (AvgIpc) is 3.57. The van der Waals surface area contributed by atoms with Gasteiger partial charge in [0.2, 0.25) is 5.91 Å². The predicted octanol–water partition coefficient (Wildman–Crippen LogP) is 4.63. The quantitative estimate of drug-likeness (QED) is 0.434. The van der Waals surface area contributed by atoms with Gasteiger partial charge in [-0.2, -0.15) is 0 Å². The molecular weight excluding hydrogens is 550 g/mol. The number of amides is 2. The number of carbonyl (C=O) groups is 3. The number of fused-ring (bicyclic) bond motifs is 5. The van der Waals surface area contributed by atoms with Crippen LogP contribution in [-0.4, -0.2) is 74.2 Å². The van der Waals surface area contributed by atoms with Gasteiger partial charge < -0.3 is 34.9 Å². The van der Waals surface area contributed by atoms with Gasteiger partial charge in [-0.05, 0) is 64.8 Å². The fraction of sp³-hybridized carbons (Fsp3) is 0.567. The van der Waals surface area contributed by atoms with E-state index in [4.69, 9.17) is 30.9 Å². The number of likely N-dealkylation sites (N-methyl/N-ethyl adjacent to an activating group) is 1. The van der Waals surface area contributed by atoms with Crippen molar-refractivity contribution < 1.29 is 33.7 Å². The fourth-order valence-corrected chi connectivity index (χ4v) is 5.21. The number of carbonyl (C=O) groups excluding carboxylic acids is 2. The Bertz CT molecular complexity index is 1190. The molecule has 41 heavy (non-hydrogen) atoms. The van der Waals surface area contributed by atoms with E-state index >= 15 is 0 Å². The molecule has 2 amide bonds. The highest BCUT2D eigenvalue weighted by atomic mass is 35.5. The van der Waals surface area contributed by atoms with Crippen molar-refractivity contribution in [3.05, 3.63) is 46.5 Å². The molecule has 0 spiro atoms. The summed E-state index contributed by atoms with van der Waals surface area (Å²) in [6.45, 7) is 5.66. The Labute approximate surface area is 247 Å². The van der Waals surface area contributed by atoms with Gasteiger partial charge in [-0.25, -0.2) is 4.79 Å². The highest BCUT2D eigenvalue weighted by Crippen LogP contribution is 2.44. The Kier molecular flexibility index (Phi) is 11.2. The largest absolute Gasteiger partial charge is 0.495 e. The summed E-state index contributed by atoms with van der Waals surface area (Å²) in [5.74, 6) is -0.316. The number of halogens is 1. The maximum Gasteiger partial charge on any atom is 0.407 e. The molecule has 0 saturated carbocycles. The maximum atomic E-state index is 13.1. The second kappa shape index (κ2) is 14.2. The Morgan fingerprint density at radius 1 is 1.32 bits per heavy atom. The minimum atomic E-state index is -0.817. The van der Waals surface area contributed by atoms with Gasteiger partial charge in [-0.1, -0.05) is 35.4 Å². The van der Waals surface area contributed by atoms with Crippen molar-refractivity contribution in [1.29, 1.82) is 0 Å².